The van der Waals surface area contributed by atoms with Crippen molar-refractivity contribution in [1.29, 1.82) is 0 Å². The van der Waals surface area contributed by atoms with Crippen LogP contribution in [0.2, 0.25) is 0 Å². The molecule has 0 bridgehead atoms. The van der Waals surface area contributed by atoms with Gasteiger partial charge in [0.2, 0.25) is 0 Å². The average molecular weight is 418 g/mol. The molecule has 0 aromatic heterocycles. The third-order valence-electron chi connectivity index (χ3n) is 4.50. The molecule has 0 atom stereocenters. The van der Waals surface area contributed by atoms with Crippen LogP contribution in [0.5, 0.6) is 11.5 Å². The minimum absolute atomic E-state index is 0.130. The van der Waals surface area contributed by atoms with E-state index >= 15 is 0 Å². The lowest BCUT2D eigenvalue weighted by Gasteiger charge is -2.12. The topological polar surface area (TPSA) is 77.4 Å². The molecule has 1 aliphatic heterocycles. The molecule has 0 N–H and O–H groups in total. The normalized spacial score (nSPS) is 14.3. The van der Waals surface area contributed by atoms with E-state index in [0.29, 0.717) is 40.6 Å². The summed E-state index contributed by atoms with van der Waals surface area (Å²) in [5, 5.41) is 5.67. The molecule has 0 saturated carbocycles. The zero-order valence-corrected chi connectivity index (χ0v) is 17.5. The zero-order valence-electron chi connectivity index (χ0n) is 17.5. The lowest BCUT2D eigenvalue weighted by atomic mass is 10.1. The van der Waals surface area contributed by atoms with Crippen molar-refractivity contribution in [2.45, 2.75) is 13.8 Å². The van der Waals surface area contributed by atoms with Crippen LogP contribution in [0.1, 0.15) is 29.8 Å². The molecule has 7 nitrogen and oxygen atoms in total. The Hall–Kier alpha value is -4.05. The molecule has 0 saturated heterocycles. The molecular weight excluding hydrogens is 396 g/mol. The van der Waals surface area contributed by atoms with Crippen molar-refractivity contribution < 1.29 is 23.8 Å². The van der Waals surface area contributed by atoms with Gasteiger partial charge >= 0.3 is 5.97 Å². The fraction of sp³-hybridized carbons (Fsp3) is 0.208. The van der Waals surface area contributed by atoms with E-state index in [2.05, 4.69) is 11.0 Å². The third-order valence-corrected chi connectivity index (χ3v) is 4.50. The molecule has 1 heterocycles. The van der Waals surface area contributed by atoms with Crippen molar-refractivity contribution in [3.63, 3.8) is 0 Å². The summed E-state index contributed by atoms with van der Waals surface area (Å²) in [6, 6.07) is 11.8. The maximum absolute atomic E-state index is 13.0. The van der Waals surface area contributed by atoms with Gasteiger partial charge in [-0.3, -0.25) is 4.79 Å². The van der Waals surface area contributed by atoms with Crippen molar-refractivity contribution >= 4 is 29.4 Å². The Morgan fingerprint density at radius 1 is 1.19 bits per heavy atom. The Balaban J connectivity index is 1.83. The molecule has 2 aromatic carbocycles. The number of hydrazone groups is 1. The predicted octanol–water partition coefficient (Wildman–Crippen LogP) is 3.69. The summed E-state index contributed by atoms with van der Waals surface area (Å²) in [5.74, 6) is 2.76. The van der Waals surface area contributed by atoms with E-state index < -0.39 is 5.97 Å². The van der Waals surface area contributed by atoms with E-state index in [9.17, 15) is 9.59 Å². The first-order valence-corrected chi connectivity index (χ1v) is 9.61. The lowest BCUT2D eigenvalue weighted by Crippen LogP contribution is -2.21. The minimum Gasteiger partial charge on any atom is -0.493 e. The highest BCUT2D eigenvalue weighted by molar-refractivity contribution is 6.32. The van der Waals surface area contributed by atoms with Crippen LogP contribution in [0.4, 0.5) is 5.69 Å². The Morgan fingerprint density at radius 3 is 2.58 bits per heavy atom. The number of ether oxygens (including phenoxy) is 3. The van der Waals surface area contributed by atoms with E-state index in [1.807, 2.05) is 0 Å². The van der Waals surface area contributed by atoms with Gasteiger partial charge in [0.25, 0.3) is 5.91 Å². The van der Waals surface area contributed by atoms with E-state index in [1.54, 1.807) is 62.4 Å². The highest BCUT2D eigenvalue weighted by Crippen LogP contribution is 2.30. The number of hydrogen-bond acceptors (Lipinski definition) is 6. The van der Waals surface area contributed by atoms with Gasteiger partial charge in [-0.25, -0.2) is 4.79 Å². The summed E-state index contributed by atoms with van der Waals surface area (Å²) >= 11 is 0. The highest BCUT2D eigenvalue weighted by atomic mass is 16.5. The third kappa shape index (κ3) is 4.75. The van der Waals surface area contributed by atoms with Crippen molar-refractivity contribution in [3.8, 4) is 23.8 Å². The summed E-state index contributed by atoms with van der Waals surface area (Å²) in [7, 11) is 1.53. The number of amides is 1. The second-order valence-corrected chi connectivity index (χ2v) is 6.53. The van der Waals surface area contributed by atoms with Crippen LogP contribution in [0.25, 0.3) is 6.08 Å². The summed E-state index contributed by atoms with van der Waals surface area (Å²) in [5.41, 5.74) is 2.74. The first kappa shape index (κ1) is 21.7. The first-order valence-electron chi connectivity index (χ1n) is 9.61. The van der Waals surface area contributed by atoms with Crippen LogP contribution < -0.4 is 14.5 Å². The van der Waals surface area contributed by atoms with Gasteiger partial charge in [-0.1, -0.05) is 12.0 Å². The fourth-order valence-corrected chi connectivity index (χ4v) is 2.99. The van der Waals surface area contributed by atoms with Crippen LogP contribution in [-0.2, 0) is 9.53 Å². The standard InChI is InChI=1S/C24H22N2O5/c1-5-13-31-21-12-7-17(15-22(21)29-4)14-20-16(3)25-26(23(20)27)19-10-8-18(9-11-19)24(28)30-6-2/h1,7-12,14-15H,6,13H2,2-4H3. The first-order chi connectivity index (χ1) is 15.0. The Kier molecular flexibility index (Phi) is 6.73. The maximum atomic E-state index is 13.0. The quantitative estimate of drug-likeness (QED) is 0.389. The summed E-state index contributed by atoms with van der Waals surface area (Å²) in [4.78, 5) is 24.8. The van der Waals surface area contributed by atoms with Gasteiger partial charge in [0.15, 0.2) is 11.5 Å². The summed E-state index contributed by atoms with van der Waals surface area (Å²) in [6.45, 7) is 3.93. The smallest absolute Gasteiger partial charge is 0.338 e. The molecule has 1 aliphatic rings. The molecule has 3 rings (SSSR count). The molecule has 0 fully saturated rings. The zero-order chi connectivity index (χ0) is 22.4. The van der Waals surface area contributed by atoms with Gasteiger partial charge in [0, 0.05) is 0 Å². The van der Waals surface area contributed by atoms with Gasteiger partial charge in [-0.2, -0.15) is 10.1 Å². The number of anilines is 1. The van der Waals surface area contributed by atoms with Gasteiger partial charge in [-0.05, 0) is 61.9 Å². The molecule has 1 amide bonds. The molecule has 7 heteroatoms. The van der Waals surface area contributed by atoms with Crippen LogP contribution in [-0.4, -0.2) is 37.9 Å². The molecule has 31 heavy (non-hydrogen) atoms. The number of terminal acetylenes is 1. The fourth-order valence-electron chi connectivity index (χ4n) is 2.99. The van der Waals surface area contributed by atoms with Crippen LogP contribution in [0, 0.1) is 12.3 Å². The maximum Gasteiger partial charge on any atom is 0.338 e. The number of esters is 1. The monoisotopic (exact) mass is 418 g/mol. The van der Waals surface area contributed by atoms with E-state index in [4.69, 9.17) is 20.6 Å². The molecule has 0 unspecified atom stereocenters. The van der Waals surface area contributed by atoms with Crippen LogP contribution in [0.15, 0.2) is 53.1 Å². The van der Waals surface area contributed by atoms with E-state index in [-0.39, 0.29) is 12.5 Å². The second kappa shape index (κ2) is 9.63. The van der Waals surface area contributed by atoms with Crippen molar-refractivity contribution in [1.82, 2.24) is 0 Å². The molecule has 158 valence electrons. The van der Waals surface area contributed by atoms with E-state index in [0.717, 1.165) is 5.56 Å². The van der Waals surface area contributed by atoms with Crippen LogP contribution in [0.3, 0.4) is 0 Å². The number of nitrogens with zero attached hydrogens (tertiary/aromatic N) is 2. The highest BCUT2D eigenvalue weighted by Gasteiger charge is 2.29. The second-order valence-electron chi connectivity index (χ2n) is 6.53. The van der Waals surface area contributed by atoms with Gasteiger partial charge in [-0.15, -0.1) is 6.42 Å². The number of hydrogen-bond donors (Lipinski definition) is 0. The SMILES string of the molecule is C#CCOc1ccc(C=C2C(=O)N(c3ccc(C(=O)OCC)cc3)N=C2C)cc1OC. The Bertz CT molecular complexity index is 1090. The number of carbonyl (C=O) groups is 2. The largest absolute Gasteiger partial charge is 0.493 e. The molecule has 0 aliphatic carbocycles. The summed E-state index contributed by atoms with van der Waals surface area (Å²) < 4.78 is 15.8. The van der Waals surface area contributed by atoms with Gasteiger partial charge in [0.05, 0.1) is 36.3 Å². The lowest BCUT2D eigenvalue weighted by molar-refractivity contribution is -0.114. The number of carbonyl (C=O) groups excluding carboxylic acids is 2. The van der Waals surface area contributed by atoms with Crippen molar-refractivity contribution in [2.75, 3.05) is 25.3 Å². The minimum atomic E-state index is -0.411. The predicted molar refractivity (Wildman–Crippen MR) is 118 cm³/mol. The van der Waals surface area contributed by atoms with Gasteiger partial charge < -0.3 is 14.2 Å². The van der Waals surface area contributed by atoms with E-state index in [1.165, 1.54) is 12.1 Å². The van der Waals surface area contributed by atoms with Gasteiger partial charge in [0.1, 0.15) is 6.61 Å². The van der Waals surface area contributed by atoms with Crippen molar-refractivity contribution in [3.05, 3.63) is 59.2 Å². The van der Waals surface area contributed by atoms with Crippen LogP contribution >= 0.6 is 0 Å². The summed E-state index contributed by atoms with van der Waals surface area (Å²) in [6.07, 6.45) is 6.97. The molecule has 0 radical (unpaired) electrons. The Morgan fingerprint density at radius 2 is 1.94 bits per heavy atom. The van der Waals surface area contributed by atoms with Crippen molar-refractivity contribution in [2.24, 2.45) is 5.10 Å². The number of methoxy groups -OCH3 is 1. The molecular formula is C24H22N2O5. The number of rotatable bonds is 7. The Labute approximate surface area is 180 Å². The average Bonchev–Trinajstić information content (AvgIpc) is 3.06. The molecule has 2 aromatic rings. The number of benzene rings is 2. The molecule has 0 spiro atoms.